The zero-order chi connectivity index (χ0) is 12.1. The molecule has 0 bridgehead atoms. The van der Waals surface area contributed by atoms with Gasteiger partial charge in [-0.05, 0) is 32.3 Å². The molecule has 1 aliphatic rings. The van der Waals surface area contributed by atoms with Gasteiger partial charge in [0.1, 0.15) is 0 Å². The Morgan fingerprint density at radius 2 is 2.19 bits per heavy atom. The van der Waals surface area contributed by atoms with Crippen LogP contribution in [0.25, 0.3) is 0 Å². The van der Waals surface area contributed by atoms with Gasteiger partial charge in [0, 0.05) is 6.42 Å². The van der Waals surface area contributed by atoms with Crippen LogP contribution >= 0.6 is 0 Å². The van der Waals surface area contributed by atoms with E-state index in [1.54, 1.807) is 13.0 Å². The summed E-state index contributed by atoms with van der Waals surface area (Å²) in [5.74, 6) is -0.127. The van der Waals surface area contributed by atoms with Crippen LogP contribution in [0.5, 0.6) is 0 Å². The van der Waals surface area contributed by atoms with Gasteiger partial charge in [0.25, 0.3) is 0 Å². The van der Waals surface area contributed by atoms with Gasteiger partial charge in [0.2, 0.25) is 0 Å². The van der Waals surface area contributed by atoms with Crippen LogP contribution in [-0.4, -0.2) is 18.4 Å². The molecule has 0 amide bonds. The second kappa shape index (κ2) is 5.83. The van der Waals surface area contributed by atoms with Crippen molar-refractivity contribution in [3.8, 4) is 0 Å². The van der Waals surface area contributed by atoms with Gasteiger partial charge in [-0.2, -0.15) is 0 Å². The van der Waals surface area contributed by atoms with E-state index in [2.05, 4.69) is 6.92 Å². The van der Waals surface area contributed by atoms with Crippen LogP contribution in [0.2, 0.25) is 0 Å². The molecule has 1 rings (SSSR count). The summed E-state index contributed by atoms with van der Waals surface area (Å²) in [7, 11) is 0. The number of ketones is 1. The van der Waals surface area contributed by atoms with Crippen LogP contribution in [0.15, 0.2) is 11.6 Å². The molecule has 0 aromatic rings. The fourth-order valence-electron chi connectivity index (χ4n) is 2.40. The van der Waals surface area contributed by atoms with Crippen molar-refractivity contribution in [3.63, 3.8) is 0 Å². The minimum atomic E-state index is -0.211. The highest BCUT2D eigenvalue weighted by molar-refractivity contribution is 5.94. The van der Waals surface area contributed by atoms with Gasteiger partial charge in [-0.25, -0.2) is 0 Å². The van der Waals surface area contributed by atoms with E-state index in [9.17, 15) is 9.59 Å². The summed E-state index contributed by atoms with van der Waals surface area (Å²) in [6.07, 6.45) is 3.96. The van der Waals surface area contributed by atoms with Crippen molar-refractivity contribution in [2.24, 2.45) is 11.8 Å². The maximum absolute atomic E-state index is 11.8. The predicted molar refractivity (Wildman–Crippen MR) is 61.9 cm³/mol. The molecule has 2 atom stereocenters. The Kier molecular flexibility index (Phi) is 4.71. The molecule has 0 saturated carbocycles. The van der Waals surface area contributed by atoms with Crippen LogP contribution in [0.3, 0.4) is 0 Å². The van der Waals surface area contributed by atoms with Crippen molar-refractivity contribution in [3.05, 3.63) is 11.6 Å². The molecular weight excluding hydrogens is 204 g/mol. The quantitative estimate of drug-likeness (QED) is 0.689. The highest BCUT2D eigenvalue weighted by Crippen LogP contribution is 2.33. The molecule has 0 aromatic heterocycles. The number of rotatable bonds is 4. The molecule has 0 aromatic carbocycles. The fraction of sp³-hybridized carbons (Fsp3) is 0.692. The molecule has 0 heterocycles. The lowest BCUT2D eigenvalue weighted by molar-refractivity contribution is -0.149. The highest BCUT2D eigenvalue weighted by Gasteiger charge is 2.34. The number of ether oxygens (including phenoxy) is 1. The van der Waals surface area contributed by atoms with Gasteiger partial charge in [-0.1, -0.05) is 18.9 Å². The molecule has 0 fully saturated rings. The molecule has 90 valence electrons. The van der Waals surface area contributed by atoms with E-state index in [0.29, 0.717) is 13.0 Å². The maximum atomic E-state index is 11.8. The summed E-state index contributed by atoms with van der Waals surface area (Å²) >= 11 is 0. The number of hydrogen-bond acceptors (Lipinski definition) is 3. The van der Waals surface area contributed by atoms with Crippen molar-refractivity contribution in [2.45, 2.75) is 40.0 Å². The molecular formula is C13H20O3. The van der Waals surface area contributed by atoms with E-state index in [1.807, 2.05) is 6.92 Å². The van der Waals surface area contributed by atoms with Crippen LogP contribution in [0.4, 0.5) is 0 Å². The van der Waals surface area contributed by atoms with Gasteiger partial charge >= 0.3 is 5.97 Å². The van der Waals surface area contributed by atoms with Crippen molar-refractivity contribution >= 4 is 11.8 Å². The van der Waals surface area contributed by atoms with Crippen LogP contribution in [0, 0.1) is 11.8 Å². The first-order valence-electron chi connectivity index (χ1n) is 5.97. The first-order chi connectivity index (χ1) is 7.60. The average molecular weight is 224 g/mol. The minimum Gasteiger partial charge on any atom is -0.466 e. The van der Waals surface area contributed by atoms with E-state index in [4.69, 9.17) is 4.74 Å². The Bertz CT molecular complexity index is 304. The smallest absolute Gasteiger partial charge is 0.313 e. The Balaban J connectivity index is 2.85. The first-order valence-corrected chi connectivity index (χ1v) is 5.97. The average Bonchev–Trinajstić information content (AvgIpc) is 2.17. The molecule has 16 heavy (non-hydrogen) atoms. The van der Waals surface area contributed by atoms with E-state index in [-0.39, 0.29) is 23.6 Å². The Morgan fingerprint density at radius 1 is 1.50 bits per heavy atom. The van der Waals surface area contributed by atoms with Gasteiger partial charge in [0.15, 0.2) is 5.78 Å². The molecule has 0 aliphatic heterocycles. The first kappa shape index (κ1) is 12.9. The summed E-state index contributed by atoms with van der Waals surface area (Å²) in [4.78, 5) is 23.3. The number of allylic oxidation sites excluding steroid dienone is 1. The molecule has 0 unspecified atom stereocenters. The third kappa shape index (κ3) is 2.94. The predicted octanol–water partition coefficient (Wildman–Crippen LogP) is 2.50. The van der Waals surface area contributed by atoms with Crippen LogP contribution < -0.4 is 0 Å². The largest absolute Gasteiger partial charge is 0.466 e. The third-order valence-corrected chi connectivity index (χ3v) is 3.01. The zero-order valence-corrected chi connectivity index (χ0v) is 10.3. The van der Waals surface area contributed by atoms with Crippen molar-refractivity contribution < 1.29 is 14.3 Å². The van der Waals surface area contributed by atoms with Gasteiger partial charge < -0.3 is 4.74 Å². The molecule has 0 radical (unpaired) electrons. The van der Waals surface area contributed by atoms with Gasteiger partial charge in [-0.3, -0.25) is 9.59 Å². The summed E-state index contributed by atoms with van der Waals surface area (Å²) in [6.45, 7) is 6.12. The molecule has 0 spiro atoms. The standard InChI is InChI=1S/C13H20O3/c1-4-6-10-8-11(14)7-9(3)12(10)13(15)16-5-2/h7,10,12H,4-6,8H2,1-3H3/t10-,12+/m0/s1. The van der Waals surface area contributed by atoms with E-state index in [1.165, 1.54) is 0 Å². The van der Waals surface area contributed by atoms with Crippen molar-refractivity contribution in [2.75, 3.05) is 6.61 Å². The molecule has 1 aliphatic carbocycles. The Morgan fingerprint density at radius 3 is 2.75 bits per heavy atom. The maximum Gasteiger partial charge on any atom is 0.313 e. The summed E-state index contributed by atoms with van der Waals surface area (Å²) < 4.78 is 5.07. The highest BCUT2D eigenvalue weighted by atomic mass is 16.5. The number of carbonyl (C=O) groups is 2. The Hall–Kier alpha value is -1.12. The lowest BCUT2D eigenvalue weighted by Crippen LogP contribution is -2.31. The summed E-state index contributed by atoms with van der Waals surface area (Å²) in [6, 6.07) is 0. The number of carbonyl (C=O) groups excluding carboxylic acids is 2. The lowest BCUT2D eigenvalue weighted by atomic mass is 9.76. The number of hydrogen-bond donors (Lipinski definition) is 0. The van der Waals surface area contributed by atoms with Gasteiger partial charge in [-0.15, -0.1) is 0 Å². The van der Waals surface area contributed by atoms with Crippen LogP contribution in [-0.2, 0) is 14.3 Å². The summed E-state index contributed by atoms with van der Waals surface area (Å²) in [5, 5.41) is 0. The molecule has 3 nitrogen and oxygen atoms in total. The number of esters is 1. The minimum absolute atomic E-state index is 0.126. The van der Waals surface area contributed by atoms with Crippen molar-refractivity contribution in [1.82, 2.24) is 0 Å². The Labute approximate surface area is 96.9 Å². The zero-order valence-electron chi connectivity index (χ0n) is 10.3. The molecule has 3 heteroatoms. The van der Waals surface area contributed by atoms with E-state index >= 15 is 0 Å². The molecule has 0 N–H and O–H groups in total. The van der Waals surface area contributed by atoms with E-state index in [0.717, 1.165) is 18.4 Å². The van der Waals surface area contributed by atoms with Crippen molar-refractivity contribution in [1.29, 1.82) is 0 Å². The normalized spacial score (nSPS) is 25.2. The fourth-order valence-corrected chi connectivity index (χ4v) is 2.40. The van der Waals surface area contributed by atoms with Gasteiger partial charge in [0.05, 0.1) is 12.5 Å². The SMILES string of the molecule is CCC[C@H]1CC(=O)C=C(C)[C@H]1C(=O)OCC. The lowest BCUT2D eigenvalue weighted by Gasteiger charge is -2.28. The van der Waals surface area contributed by atoms with E-state index < -0.39 is 0 Å². The second-order valence-electron chi connectivity index (χ2n) is 4.34. The van der Waals surface area contributed by atoms with Crippen LogP contribution in [0.1, 0.15) is 40.0 Å². The summed E-state index contributed by atoms with van der Waals surface area (Å²) in [5.41, 5.74) is 0.855. The topological polar surface area (TPSA) is 43.4 Å². The monoisotopic (exact) mass is 224 g/mol. The second-order valence-corrected chi connectivity index (χ2v) is 4.34. The molecule has 0 saturated heterocycles. The third-order valence-electron chi connectivity index (χ3n) is 3.01.